The fourth-order valence-corrected chi connectivity index (χ4v) is 2.61. The van der Waals surface area contributed by atoms with E-state index in [1.165, 1.54) is 12.1 Å². The van der Waals surface area contributed by atoms with Crippen LogP contribution in [-0.4, -0.2) is 19.3 Å². The van der Waals surface area contributed by atoms with Gasteiger partial charge in [0.05, 0.1) is 6.61 Å². The van der Waals surface area contributed by atoms with Gasteiger partial charge in [0, 0.05) is 18.7 Å². The first-order valence-electron chi connectivity index (χ1n) is 7.06. The first-order chi connectivity index (χ1) is 8.97. The van der Waals surface area contributed by atoms with Gasteiger partial charge >= 0.3 is 0 Å². The van der Waals surface area contributed by atoms with Crippen molar-refractivity contribution in [1.29, 1.82) is 0 Å². The van der Waals surface area contributed by atoms with Crippen molar-refractivity contribution in [3.63, 3.8) is 0 Å². The van der Waals surface area contributed by atoms with E-state index in [0.29, 0.717) is 6.04 Å². The third kappa shape index (κ3) is 4.02. The minimum Gasteiger partial charge on any atom is -0.380 e. The molecule has 1 fully saturated rings. The lowest BCUT2D eigenvalue weighted by atomic mass is 9.81. The Bertz CT molecular complexity index is 390. The summed E-state index contributed by atoms with van der Waals surface area (Å²) in [4.78, 5) is 0. The van der Waals surface area contributed by atoms with Crippen LogP contribution in [0.1, 0.15) is 45.2 Å². The summed E-state index contributed by atoms with van der Waals surface area (Å²) in [5.74, 6) is -0.183. The highest BCUT2D eigenvalue weighted by Crippen LogP contribution is 2.33. The molecule has 0 amide bonds. The summed E-state index contributed by atoms with van der Waals surface area (Å²) in [5, 5.41) is 3.68. The number of rotatable bonds is 3. The van der Waals surface area contributed by atoms with Crippen LogP contribution in [0.25, 0.3) is 0 Å². The van der Waals surface area contributed by atoms with Gasteiger partial charge in [-0.25, -0.2) is 4.39 Å². The third-order valence-corrected chi connectivity index (χ3v) is 3.63. The van der Waals surface area contributed by atoms with Gasteiger partial charge in [0.15, 0.2) is 0 Å². The molecule has 2 atom stereocenters. The highest BCUT2D eigenvalue weighted by Gasteiger charge is 2.29. The largest absolute Gasteiger partial charge is 0.380 e. The van der Waals surface area contributed by atoms with E-state index in [-0.39, 0.29) is 17.3 Å². The van der Waals surface area contributed by atoms with Crippen molar-refractivity contribution in [1.82, 2.24) is 5.32 Å². The molecule has 0 radical (unpaired) electrons. The monoisotopic (exact) mass is 265 g/mol. The minimum absolute atomic E-state index is 0.0786. The van der Waals surface area contributed by atoms with Gasteiger partial charge in [-0.15, -0.1) is 0 Å². The van der Waals surface area contributed by atoms with Crippen LogP contribution in [0, 0.1) is 11.2 Å². The van der Waals surface area contributed by atoms with E-state index in [9.17, 15) is 4.39 Å². The average molecular weight is 265 g/mol. The Labute approximate surface area is 115 Å². The zero-order valence-electron chi connectivity index (χ0n) is 12.1. The highest BCUT2D eigenvalue weighted by atomic mass is 19.1. The molecule has 1 aliphatic rings. The summed E-state index contributed by atoms with van der Waals surface area (Å²) in [6.07, 6.45) is 2.26. The molecule has 0 spiro atoms. The molecule has 3 heteroatoms. The number of hydrogen-bond acceptors (Lipinski definition) is 2. The molecule has 1 N–H and O–H groups in total. The quantitative estimate of drug-likeness (QED) is 0.900. The van der Waals surface area contributed by atoms with Crippen molar-refractivity contribution in [3.05, 3.63) is 35.6 Å². The molecule has 19 heavy (non-hydrogen) atoms. The lowest BCUT2D eigenvalue weighted by Crippen LogP contribution is -2.43. The third-order valence-electron chi connectivity index (χ3n) is 3.63. The van der Waals surface area contributed by atoms with Crippen LogP contribution < -0.4 is 5.32 Å². The molecular formula is C16H24FNO. The fourth-order valence-electron chi connectivity index (χ4n) is 2.61. The van der Waals surface area contributed by atoms with E-state index in [4.69, 9.17) is 4.74 Å². The molecule has 0 saturated carbocycles. The Morgan fingerprint density at radius 3 is 2.47 bits per heavy atom. The van der Waals surface area contributed by atoms with Crippen molar-refractivity contribution in [2.75, 3.05) is 13.2 Å². The second kappa shape index (κ2) is 6.02. The van der Waals surface area contributed by atoms with Gasteiger partial charge in [0.25, 0.3) is 0 Å². The first-order valence-corrected chi connectivity index (χ1v) is 7.06. The molecule has 1 saturated heterocycles. The van der Waals surface area contributed by atoms with Crippen LogP contribution in [0.3, 0.4) is 0 Å². The van der Waals surface area contributed by atoms with Gasteiger partial charge in [-0.05, 0) is 36.0 Å². The van der Waals surface area contributed by atoms with Gasteiger partial charge in [0.1, 0.15) is 5.82 Å². The second-order valence-electron chi connectivity index (χ2n) is 6.43. The average Bonchev–Trinajstić information content (AvgIpc) is 2.37. The van der Waals surface area contributed by atoms with E-state index < -0.39 is 0 Å². The molecule has 1 aromatic rings. The van der Waals surface area contributed by atoms with Crippen molar-refractivity contribution in [2.24, 2.45) is 5.41 Å². The summed E-state index contributed by atoms with van der Waals surface area (Å²) in [6.45, 7) is 8.26. The maximum atomic E-state index is 13.1. The topological polar surface area (TPSA) is 21.3 Å². The molecule has 2 unspecified atom stereocenters. The van der Waals surface area contributed by atoms with Crippen LogP contribution in [0.15, 0.2) is 24.3 Å². The summed E-state index contributed by atoms with van der Waals surface area (Å²) in [5.41, 5.74) is 1.22. The maximum Gasteiger partial charge on any atom is 0.123 e. The Hall–Kier alpha value is -0.930. The minimum atomic E-state index is -0.183. The number of halogens is 1. The standard InChI is InChI=1S/C16H24FNO/c1-16(2,3)15(12-6-8-13(17)9-7-12)18-14-5-4-10-19-11-14/h6-9,14-15,18H,4-5,10-11H2,1-3H3. The molecular weight excluding hydrogens is 241 g/mol. The van der Waals surface area contributed by atoms with Gasteiger partial charge in [-0.2, -0.15) is 0 Å². The van der Waals surface area contributed by atoms with Crippen LogP contribution in [0.5, 0.6) is 0 Å². The molecule has 1 aromatic carbocycles. The SMILES string of the molecule is CC(C)(C)C(NC1CCCOC1)c1ccc(F)cc1. The smallest absolute Gasteiger partial charge is 0.123 e. The number of benzene rings is 1. The Morgan fingerprint density at radius 2 is 1.95 bits per heavy atom. The van der Waals surface area contributed by atoms with E-state index in [0.717, 1.165) is 31.6 Å². The predicted molar refractivity (Wildman–Crippen MR) is 75.6 cm³/mol. The lowest BCUT2D eigenvalue weighted by Gasteiger charge is -2.36. The normalized spacial score (nSPS) is 22.2. The second-order valence-corrected chi connectivity index (χ2v) is 6.43. The number of nitrogens with one attached hydrogen (secondary N) is 1. The van der Waals surface area contributed by atoms with Crippen LogP contribution >= 0.6 is 0 Å². The summed E-state index contributed by atoms with van der Waals surface area (Å²) in [6, 6.07) is 7.42. The summed E-state index contributed by atoms with van der Waals surface area (Å²) < 4.78 is 18.6. The zero-order chi connectivity index (χ0) is 13.9. The highest BCUT2D eigenvalue weighted by molar-refractivity contribution is 5.22. The van der Waals surface area contributed by atoms with Gasteiger partial charge in [-0.3, -0.25) is 0 Å². The molecule has 1 aliphatic heterocycles. The summed E-state index contributed by atoms with van der Waals surface area (Å²) >= 11 is 0. The van der Waals surface area contributed by atoms with Crippen LogP contribution in [0.2, 0.25) is 0 Å². The first kappa shape index (κ1) is 14.5. The Balaban J connectivity index is 2.13. The molecule has 2 rings (SSSR count). The van der Waals surface area contributed by atoms with Crippen molar-refractivity contribution in [2.45, 2.75) is 45.7 Å². The lowest BCUT2D eigenvalue weighted by molar-refractivity contribution is 0.0589. The van der Waals surface area contributed by atoms with Gasteiger partial charge in [0.2, 0.25) is 0 Å². The van der Waals surface area contributed by atoms with E-state index >= 15 is 0 Å². The molecule has 0 aliphatic carbocycles. The zero-order valence-corrected chi connectivity index (χ0v) is 12.1. The Morgan fingerprint density at radius 1 is 1.26 bits per heavy atom. The maximum absolute atomic E-state index is 13.1. The van der Waals surface area contributed by atoms with Crippen molar-refractivity contribution >= 4 is 0 Å². The molecule has 0 bridgehead atoms. The van der Waals surface area contributed by atoms with Crippen molar-refractivity contribution in [3.8, 4) is 0 Å². The molecule has 106 valence electrons. The Kier molecular flexibility index (Phi) is 4.58. The van der Waals surface area contributed by atoms with Crippen LogP contribution in [0.4, 0.5) is 4.39 Å². The fraction of sp³-hybridized carbons (Fsp3) is 0.625. The van der Waals surface area contributed by atoms with Crippen LogP contribution in [-0.2, 0) is 4.74 Å². The molecule has 0 aromatic heterocycles. The summed E-state index contributed by atoms with van der Waals surface area (Å²) in [7, 11) is 0. The van der Waals surface area contributed by atoms with E-state index in [2.05, 4.69) is 26.1 Å². The molecule has 1 heterocycles. The molecule has 2 nitrogen and oxygen atoms in total. The van der Waals surface area contributed by atoms with Crippen molar-refractivity contribution < 1.29 is 9.13 Å². The van der Waals surface area contributed by atoms with E-state index in [1.54, 1.807) is 0 Å². The van der Waals surface area contributed by atoms with Gasteiger partial charge in [-0.1, -0.05) is 32.9 Å². The number of hydrogen-bond donors (Lipinski definition) is 1. The predicted octanol–water partition coefficient (Wildman–Crippen LogP) is 3.68. The van der Waals surface area contributed by atoms with Gasteiger partial charge < -0.3 is 10.1 Å². The van der Waals surface area contributed by atoms with E-state index in [1.807, 2.05) is 12.1 Å². The number of ether oxygens (including phenoxy) is 1.